The van der Waals surface area contributed by atoms with E-state index in [-0.39, 0.29) is 0 Å². The Bertz CT molecular complexity index is 3850. The van der Waals surface area contributed by atoms with Crippen molar-refractivity contribution in [2.75, 3.05) is 0 Å². The molecule has 1 nitrogen and oxygen atoms in total. The molecule has 0 aliphatic carbocycles. The van der Waals surface area contributed by atoms with Crippen LogP contribution < -0.4 is 0 Å². The molecule has 0 atom stereocenters. The van der Waals surface area contributed by atoms with Gasteiger partial charge in [0.2, 0.25) is 0 Å². The fraction of sp³-hybridized carbons (Fsp3) is 0. The van der Waals surface area contributed by atoms with E-state index in [2.05, 4.69) is 229 Å². The molecule has 0 saturated heterocycles. The summed E-state index contributed by atoms with van der Waals surface area (Å²) in [5, 5.41) is 12.8. The third-order valence-corrected chi connectivity index (χ3v) is 14.1. The fourth-order valence-electron chi connectivity index (χ4n) is 10.1. The van der Waals surface area contributed by atoms with Crippen LogP contribution in [-0.2, 0) is 0 Å². The molecule has 0 N–H and O–H groups in total. The second kappa shape index (κ2) is 13.9. The number of benzene rings is 11. The van der Waals surface area contributed by atoms with Crippen LogP contribution in [0.15, 0.2) is 224 Å². The highest BCUT2D eigenvalue weighted by atomic mass is 32.1. The average Bonchev–Trinajstić information content (AvgIpc) is 3.89. The molecular formula is C60H37NS. The zero-order valence-corrected chi connectivity index (χ0v) is 34.5. The van der Waals surface area contributed by atoms with Gasteiger partial charge in [-0.05, 0) is 131 Å². The van der Waals surface area contributed by atoms with Crippen molar-refractivity contribution < 1.29 is 0 Å². The molecule has 11 aromatic carbocycles. The van der Waals surface area contributed by atoms with Gasteiger partial charge in [0, 0.05) is 36.6 Å². The molecule has 0 aliphatic heterocycles. The number of nitrogens with zero attached hydrogens (tertiary/aromatic N) is 1. The second-order valence-corrected chi connectivity index (χ2v) is 17.5. The van der Waals surface area contributed by atoms with Crippen LogP contribution in [0.4, 0.5) is 0 Å². The van der Waals surface area contributed by atoms with Gasteiger partial charge in [-0.1, -0.05) is 170 Å². The number of fused-ring (bicyclic) bond motifs is 10. The van der Waals surface area contributed by atoms with E-state index in [0.717, 1.165) is 0 Å². The van der Waals surface area contributed by atoms with Crippen molar-refractivity contribution in [2.45, 2.75) is 0 Å². The normalized spacial score (nSPS) is 11.9. The Hall–Kier alpha value is -7.78. The maximum absolute atomic E-state index is 2.43. The van der Waals surface area contributed by atoms with E-state index in [9.17, 15) is 0 Å². The predicted octanol–water partition coefficient (Wildman–Crippen LogP) is 17.3. The molecule has 0 bridgehead atoms. The molecule has 0 radical (unpaired) electrons. The van der Waals surface area contributed by atoms with Gasteiger partial charge in [-0.3, -0.25) is 0 Å². The van der Waals surface area contributed by atoms with Crippen LogP contribution in [0.25, 0.3) is 124 Å². The number of para-hydroxylation sites is 1. The Labute approximate surface area is 363 Å². The maximum atomic E-state index is 2.43. The van der Waals surface area contributed by atoms with Gasteiger partial charge in [-0.15, -0.1) is 11.3 Å². The standard InChI is InChI=1S/C60H37NS/c1-3-14-38(15-4-1)57-48-21-7-9-23-50(48)58(51-24-10-8-22-49(51)57)45-17-13-16-39(36-45)40-26-27-42-35-43(29-28-41(42)34-40)44-30-32-54-53(37-44)59-55(61(54)46-18-5-2-6-19-46)33-31-52-47-20-11-12-25-56(47)62-60(52)59/h1-37H. The summed E-state index contributed by atoms with van der Waals surface area (Å²) >= 11 is 1.90. The summed E-state index contributed by atoms with van der Waals surface area (Å²) in [6.07, 6.45) is 0. The fourth-order valence-corrected chi connectivity index (χ4v) is 11.4. The minimum Gasteiger partial charge on any atom is -0.309 e. The van der Waals surface area contributed by atoms with Gasteiger partial charge < -0.3 is 4.57 Å². The van der Waals surface area contributed by atoms with Gasteiger partial charge in [0.15, 0.2) is 0 Å². The molecule has 0 saturated carbocycles. The molecule has 2 aromatic heterocycles. The highest BCUT2D eigenvalue weighted by Gasteiger charge is 2.20. The summed E-state index contributed by atoms with van der Waals surface area (Å²) in [6, 6.07) is 82.8. The van der Waals surface area contributed by atoms with Gasteiger partial charge in [0.1, 0.15) is 0 Å². The molecule has 2 heterocycles. The molecule has 0 aliphatic rings. The largest absolute Gasteiger partial charge is 0.309 e. The molecule has 288 valence electrons. The van der Waals surface area contributed by atoms with Crippen molar-refractivity contribution in [3.8, 4) is 50.2 Å². The second-order valence-electron chi connectivity index (χ2n) is 16.4. The number of aromatic nitrogens is 1. The Morgan fingerprint density at radius 2 is 0.790 bits per heavy atom. The summed E-state index contributed by atoms with van der Waals surface area (Å²) in [6.45, 7) is 0. The van der Waals surface area contributed by atoms with E-state index in [1.54, 1.807) is 0 Å². The van der Waals surface area contributed by atoms with E-state index in [1.807, 2.05) is 11.3 Å². The zero-order chi connectivity index (χ0) is 40.7. The topological polar surface area (TPSA) is 4.93 Å². The Morgan fingerprint density at radius 1 is 0.290 bits per heavy atom. The van der Waals surface area contributed by atoms with Crippen LogP contribution in [0, 0.1) is 0 Å². The molecule has 13 rings (SSSR count). The van der Waals surface area contributed by atoms with Crippen molar-refractivity contribution in [1.29, 1.82) is 0 Å². The van der Waals surface area contributed by atoms with Crippen molar-refractivity contribution in [2.24, 2.45) is 0 Å². The molecular weight excluding hydrogens is 767 g/mol. The molecule has 13 aromatic rings. The average molecular weight is 804 g/mol. The molecule has 0 unspecified atom stereocenters. The molecule has 0 fully saturated rings. The number of rotatable bonds is 5. The van der Waals surface area contributed by atoms with Gasteiger partial charge >= 0.3 is 0 Å². The molecule has 2 heteroatoms. The van der Waals surface area contributed by atoms with Crippen LogP contribution >= 0.6 is 11.3 Å². The van der Waals surface area contributed by atoms with Crippen LogP contribution in [0.3, 0.4) is 0 Å². The summed E-state index contributed by atoms with van der Waals surface area (Å²) in [5.74, 6) is 0. The summed E-state index contributed by atoms with van der Waals surface area (Å²) < 4.78 is 5.10. The highest BCUT2D eigenvalue weighted by Crippen LogP contribution is 2.46. The quantitative estimate of drug-likeness (QED) is 0.153. The first kappa shape index (κ1) is 35.0. The lowest BCUT2D eigenvalue weighted by molar-refractivity contribution is 1.18. The molecule has 0 spiro atoms. The van der Waals surface area contributed by atoms with Crippen molar-refractivity contribution in [1.82, 2.24) is 4.57 Å². The Morgan fingerprint density at radius 3 is 1.47 bits per heavy atom. The van der Waals surface area contributed by atoms with E-state index >= 15 is 0 Å². The summed E-state index contributed by atoms with van der Waals surface area (Å²) in [7, 11) is 0. The van der Waals surface area contributed by atoms with Gasteiger partial charge in [-0.2, -0.15) is 0 Å². The lowest BCUT2D eigenvalue weighted by atomic mass is 9.85. The summed E-state index contributed by atoms with van der Waals surface area (Å²) in [5.41, 5.74) is 13.5. The van der Waals surface area contributed by atoms with Crippen LogP contribution in [0.5, 0.6) is 0 Å². The Kier molecular flexibility index (Phi) is 7.85. The molecule has 62 heavy (non-hydrogen) atoms. The predicted molar refractivity (Wildman–Crippen MR) is 268 cm³/mol. The van der Waals surface area contributed by atoms with Gasteiger partial charge in [-0.25, -0.2) is 0 Å². The van der Waals surface area contributed by atoms with E-state index in [4.69, 9.17) is 0 Å². The van der Waals surface area contributed by atoms with Crippen molar-refractivity contribution in [3.63, 3.8) is 0 Å². The maximum Gasteiger partial charge on any atom is 0.0555 e. The minimum absolute atomic E-state index is 1.18. The number of thiophene rings is 1. The smallest absolute Gasteiger partial charge is 0.0555 e. The van der Waals surface area contributed by atoms with Crippen LogP contribution in [0.2, 0.25) is 0 Å². The third kappa shape index (κ3) is 5.40. The van der Waals surface area contributed by atoms with Crippen LogP contribution in [0.1, 0.15) is 0 Å². The zero-order valence-electron chi connectivity index (χ0n) is 33.7. The lowest BCUT2D eigenvalue weighted by Gasteiger charge is -2.18. The van der Waals surface area contributed by atoms with Crippen LogP contribution in [-0.4, -0.2) is 4.57 Å². The minimum atomic E-state index is 1.18. The van der Waals surface area contributed by atoms with E-state index in [0.29, 0.717) is 0 Å². The van der Waals surface area contributed by atoms with E-state index < -0.39 is 0 Å². The van der Waals surface area contributed by atoms with Gasteiger partial charge in [0.25, 0.3) is 0 Å². The first-order valence-corrected chi connectivity index (χ1v) is 22.1. The van der Waals surface area contributed by atoms with Crippen molar-refractivity contribution >= 4 is 85.6 Å². The SMILES string of the molecule is c1ccc(-c2c3ccccc3c(-c3cccc(-c4ccc5cc(-c6ccc7c(c6)c6c8sc9ccccc9c8ccc6n7-c6ccccc6)ccc5c4)c3)c3ccccc23)cc1. The van der Waals surface area contributed by atoms with E-state index in [1.165, 1.54) is 124 Å². The number of hydrogen-bond acceptors (Lipinski definition) is 1. The first-order chi connectivity index (χ1) is 30.7. The highest BCUT2D eigenvalue weighted by molar-refractivity contribution is 7.26. The third-order valence-electron chi connectivity index (χ3n) is 12.9. The van der Waals surface area contributed by atoms with Crippen molar-refractivity contribution in [3.05, 3.63) is 224 Å². The summed E-state index contributed by atoms with van der Waals surface area (Å²) in [4.78, 5) is 0. The van der Waals surface area contributed by atoms with Gasteiger partial charge in [0.05, 0.1) is 11.0 Å². The number of hydrogen-bond donors (Lipinski definition) is 0. The lowest BCUT2D eigenvalue weighted by Crippen LogP contribution is -1.92. The monoisotopic (exact) mass is 803 g/mol. The molecule has 0 amide bonds. The first-order valence-electron chi connectivity index (χ1n) is 21.3. The Balaban J connectivity index is 0.919.